The third-order valence-electron chi connectivity index (χ3n) is 3.23. The van der Waals surface area contributed by atoms with Crippen LogP contribution in [0.3, 0.4) is 0 Å². The van der Waals surface area contributed by atoms with Crippen LogP contribution in [-0.4, -0.2) is 24.8 Å². The number of terminal acetylenes is 1. The van der Waals surface area contributed by atoms with Gasteiger partial charge in [0.1, 0.15) is 6.10 Å². The number of rotatable bonds is 4. The fourth-order valence-electron chi connectivity index (χ4n) is 2.31. The molecule has 3 nitrogen and oxygen atoms in total. The van der Waals surface area contributed by atoms with Gasteiger partial charge >= 0.3 is 5.97 Å². The molecule has 0 aromatic carbocycles. The Bertz CT molecular complexity index is 290. The molecule has 17 heavy (non-hydrogen) atoms. The summed E-state index contributed by atoms with van der Waals surface area (Å²) in [6.07, 6.45) is 6.81. The minimum absolute atomic E-state index is 0.0265. The molecule has 0 N–H and O–H groups in total. The maximum Gasteiger partial charge on any atom is 0.307 e. The van der Waals surface area contributed by atoms with E-state index in [1.54, 1.807) is 0 Å². The number of carbonyl (C=O) groups excluding carboxylic acids is 1. The van der Waals surface area contributed by atoms with Crippen LogP contribution in [0.2, 0.25) is 0 Å². The highest BCUT2D eigenvalue weighted by molar-refractivity contribution is 5.69. The number of hydrogen-bond donors (Lipinski definition) is 0. The molecule has 0 spiro atoms. The van der Waals surface area contributed by atoms with E-state index in [9.17, 15) is 4.79 Å². The second-order valence-corrected chi connectivity index (χ2v) is 4.96. The molecule has 0 amide bonds. The van der Waals surface area contributed by atoms with Crippen LogP contribution >= 0.6 is 0 Å². The van der Waals surface area contributed by atoms with Gasteiger partial charge in [-0.15, -0.1) is 12.3 Å². The molecule has 0 radical (unpaired) electrons. The van der Waals surface area contributed by atoms with E-state index in [0.29, 0.717) is 25.4 Å². The van der Waals surface area contributed by atoms with Crippen LogP contribution in [0.1, 0.15) is 40.0 Å². The molecule has 0 saturated carbocycles. The summed E-state index contributed by atoms with van der Waals surface area (Å²) in [6.45, 7) is 7.01. The van der Waals surface area contributed by atoms with E-state index in [1.165, 1.54) is 0 Å². The monoisotopic (exact) mass is 238 g/mol. The summed E-state index contributed by atoms with van der Waals surface area (Å²) in [5.41, 5.74) is 0. The molecular weight excluding hydrogens is 216 g/mol. The molecule has 0 aliphatic carbocycles. The lowest BCUT2D eigenvalue weighted by Crippen LogP contribution is -2.43. The van der Waals surface area contributed by atoms with Gasteiger partial charge in [0, 0.05) is 18.8 Å². The highest BCUT2D eigenvalue weighted by Gasteiger charge is 2.34. The van der Waals surface area contributed by atoms with Crippen LogP contribution in [0.4, 0.5) is 0 Å². The molecule has 1 fully saturated rings. The SMILES string of the molecule is C#CCCC(=O)O[C@@H]1CCO[C@H](C(C)C)[C@H]1C. The Morgan fingerprint density at radius 3 is 2.88 bits per heavy atom. The van der Waals surface area contributed by atoms with E-state index >= 15 is 0 Å². The molecule has 1 aliphatic rings. The summed E-state index contributed by atoms with van der Waals surface area (Å²) >= 11 is 0. The van der Waals surface area contributed by atoms with Gasteiger partial charge in [-0.1, -0.05) is 20.8 Å². The van der Waals surface area contributed by atoms with Gasteiger partial charge in [0.15, 0.2) is 0 Å². The van der Waals surface area contributed by atoms with E-state index in [1.807, 2.05) is 0 Å². The number of ether oxygens (including phenoxy) is 2. The smallest absolute Gasteiger partial charge is 0.307 e. The summed E-state index contributed by atoms with van der Waals surface area (Å²) < 4.78 is 11.2. The van der Waals surface area contributed by atoms with Crippen LogP contribution < -0.4 is 0 Å². The van der Waals surface area contributed by atoms with Crippen molar-refractivity contribution >= 4 is 5.97 Å². The van der Waals surface area contributed by atoms with Crippen molar-refractivity contribution in [2.75, 3.05) is 6.61 Å². The van der Waals surface area contributed by atoms with Crippen molar-refractivity contribution in [3.63, 3.8) is 0 Å². The predicted molar refractivity (Wildman–Crippen MR) is 66.3 cm³/mol. The largest absolute Gasteiger partial charge is 0.462 e. The summed E-state index contributed by atoms with van der Waals surface area (Å²) in [5, 5.41) is 0. The van der Waals surface area contributed by atoms with Crippen molar-refractivity contribution in [2.45, 2.75) is 52.2 Å². The zero-order valence-corrected chi connectivity index (χ0v) is 10.9. The average Bonchev–Trinajstić information content (AvgIpc) is 2.28. The first kappa shape index (κ1) is 14.1. The van der Waals surface area contributed by atoms with E-state index in [4.69, 9.17) is 15.9 Å². The number of carbonyl (C=O) groups is 1. The predicted octanol–water partition coefficient (Wildman–Crippen LogP) is 2.39. The Morgan fingerprint density at radius 1 is 1.59 bits per heavy atom. The normalized spacial score (nSPS) is 28.8. The molecule has 0 aromatic rings. The minimum Gasteiger partial charge on any atom is -0.462 e. The van der Waals surface area contributed by atoms with Crippen molar-refractivity contribution in [2.24, 2.45) is 11.8 Å². The first-order valence-corrected chi connectivity index (χ1v) is 6.30. The molecule has 96 valence electrons. The summed E-state index contributed by atoms with van der Waals surface area (Å²) in [4.78, 5) is 11.5. The van der Waals surface area contributed by atoms with Crippen molar-refractivity contribution in [3.05, 3.63) is 0 Å². The Labute approximate surface area is 104 Å². The molecule has 3 heteroatoms. The maximum absolute atomic E-state index is 11.5. The fourth-order valence-corrected chi connectivity index (χ4v) is 2.31. The zero-order valence-electron chi connectivity index (χ0n) is 10.9. The maximum atomic E-state index is 11.5. The highest BCUT2D eigenvalue weighted by atomic mass is 16.6. The fraction of sp³-hybridized carbons (Fsp3) is 0.786. The van der Waals surface area contributed by atoms with Gasteiger partial charge in [-0.3, -0.25) is 4.79 Å². The van der Waals surface area contributed by atoms with Gasteiger partial charge in [-0.2, -0.15) is 0 Å². The van der Waals surface area contributed by atoms with E-state index < -0.39 is 0 Å². The van der Waals surface area contributed by atoms with Crippen LogP contribution in [0, 0.1) is 24.2 Å². The Balaban J connectivity index is 2.47. The van der Waals surface area contributed by atoms with Crippen LogP contribution in [0.5, 0.6) is 0 Å². The van der Waals surface area contributed by atoms with Crippen molar-refractivity contribution in [1.29, 1.82) is 0 Å². The van der Waals surface area contributed by atoms with Crippen molar-refractivity contribution in [1.82, 2.24) is 0 Å². The van der Waals surface area contributed by atoms with Crippen molar-refractivity contribution in [3.8, 4) is 12.3 Å². The highest BCUT2D eigenvalue weighted by Crippen LogP contribution is 2.28. The number of hydrogen-bond acceptors (Lipinski definition) is 3. The zero-order chi connectivity index (χ0) is 12.8. The number of esters is 1. The van der Waals surface area contributed by atoms with E-state index in [0.717, 1.165) is 6.42 Å². The van der Waals surface area contributed by atoms with Gasteiger partial charge in [-0.05, 0) is 5.92 Å². The Hall–Kier alpha value is -1.01. The molecule has 1 aliphatic heterocycles. The molecule has 0 bridgehead atoms. The average molecular weight is 238 g/mol. The minimum atomic E-state index is -0.191. The molecule has 0 aromatic heterocycles. The second-order valence-electron chi connectivity index (χ2n) is 4.96. The Kier molecular flexibility index (Phi) is 5.50. The lowest BCUT2D eigenvalue weighted by atomic mass is 9.87. The van der Waals surface area contributed by atoms with Gasteiger partial charge in [0.2, 0.25) is 0 Å². The molecular formula is C14H22O3. The molecule has 3 atom stereocenters. The molecule has 1 saturated heterocycles. The van der Waals surface area contributed by atoms with E-state index in [2.05, 4.69) is 26.7 Å². The second kappa shape index (κ2) is 6.66. The third kappa shape index (κ3) is 4.05. The van der Waals surface area contributed by atoms with Gasteiger partial charge in [0.05, 0.1) is 19.1 Å². The van der Waals surface area contributed by atoms with Crippen LogP contribution in [-0.2, 0) is 14.3 Å². The van der Waals surface area contributed by atoms with Crippen LogP contribution in [0.15, 0.2) is 0 Å². The van der Waals surface area contributed by atoms with Crippen molar-refractivity contribution < 1.29 is 14.3 Å². The third-order valence-corrected chi connectivity index (χ3v) is 3.23. The standard InChI is InChI=1S/C14H22O3/c1-5-6-7-13(15)17-12-8-9-16-14(10(2)3)11(12)4/h1,10-12,14H,6-9H2,2-4H3/t11-,12+,14+/m0/s1. The first-order chi connectivity index (χ1) is 8.06. The Morgan fingerprint density at radius 2 is 2.29 bits per heavy atom. The topological polar surface area (TPSA) is 35.5 Å². The van der Waals surface area contributed by atoms with Gasteiger partial charge in [-0.25, -0.2) is 0 Å². The quantitative estimate of drug-likeness (QED) is 0.557. The van der Waals surface area contributed by atoms with E-state index in [-0.39, 0.29) is 24.1 Å². The molecule has 0 unspecified atom stereocenters. The van der Waals surface area contributed by atoms with Gasteiger partial charge < -0.3 is 9.47 Å². The lowest BCUT2D eigenvalue weighted by Gasteiger charge is -2.37. The summed E-state index contributed by atoms with van der Waals surface area (Å²) in [7, 11) is 0. The molecule has 1 rings (SSSR count). The van der Waals surface area contributed by atoms with Gasteiger partial charge in [0.25, 0.3) is 0 Å². The molecule has 1 heterocycles. The lowest BCUT2D eigenvalue weighted by molar-refractivity contribution is -0.166. The summed E-state index contributed by atoms with van der Waals surface area (Å²) in [5.74, 6) is 2.95. The van der Waals surface area contributed by atoms with Crippen LogP contribution in [0.25, 0.3) is 0 Å². The first-order valence-electron chi connectivity index (χ1n) is 6.30. The summed E-state index contributed by atoms with van der Waals surface area (Å²) in [6, 6.07) is 0.